The van der Waals surface area contributed by atoms with Gasteiger partial charge in [-0.15, -0.1) is 0 Å². The Bertz CT molecular complexity index is 276. The van der Waals surface area contributed by atoms with Gasteiger partial charge in [-0.25, -0.2) is 0 Å². The highest BCUT2D eigenvalue weighted by Gasteiger charge is 2.18. The molecule has 0 aromatic rings. The number of carboxylic acids is 1. The zero-order valence-corrected chi connectivity index (χ0v) is 8.77. The maximum atomic E-state index is 11.2. The van der Waals surface area contributed by atoms with Gasteiger partial charge in [0.25, 0.3) is 0 Å². The van der Waals surface area contributed by atoms with E-state index in [1.807, 2.05) is 0 Å². The third kappa shape index (κ3) is 4.77. The molecule has 0 spiro atoms. The van der Waals surface area contributed by atoms with Crippen molar-refractivity contribution >= 4 is 23.3 Å². The van der Waals surface area contributed by atoms with Crippen LogP contribution in [0.5, 0.6) is 0 Å². The zero-order valence-electron chi connectivity index (χ0n) is 7.77. The Balaban J connectivity index is 4.07. The summed E-state index contributed by atoms with van der Waals surface area (Å²) >= 11 is -0.898. The number of amides is 1. The van der Waals surface area contributed by atoms with Crippen molar-refractivity contribution < 1.29 is 18.9 Å². The second kappa shape index (κ2) is 6.33. The molecule has 82 valence electrons. The molecule has 8 heteroatoms. The van der Waals surface area contributed by atoms with E-state index in [0.29, 0.717) is 0 Å². The summed E-state index contributed by atoms with van der Waals surface area (Å²) in [6, 6.07) is -1.67. The Morgan fingerprint density at radius 1 is 1.36 bits per heavy atom. The van der Waals surface area contributed by atoms with Crippen molar-refractivity contribution in [2.45, 2.75) is 25.9 Å². The van der Waals surface area contributed by atoms with Crippen LogP contribution in [0, 0.1) is 0 Å². The van der Waals surface area contributed by atoms with Crippen LogP contribution in [0.15, 0.2) is 4.47 Å². The normalized spacial score (nSPS) is 15.0. The molecule has 0 fully saturated rings. The van der Waals surface area contributed by atoms with Crippen LogP contribution in [0.2, 0.25) is 0 Å². The Morgan fingerprint density at radius 2 is 1.93 bits per heavy atom. The monoisotopic (exact) mass is 223 g/mol. The van der Waals surface area contributed by atoms with Gasteiger partial charge in [0.05, 0.1) is 0 Å². The number of aliphatic carboxylic acids is 1. The lowest BCUT2D eigenvalue weighted by Crippen LogP contribution is -2.46. The minimum absolute atomic E-state index is 0.512. The van der Waals surface area contributed by atoms with Gasteiger partial charge in [0, 0.05) is 11.5 Å². The highest BCUT2D eigenvalue weighted by atomic mass is 32.1. The van der Waals surface area contributed by atoms with E-state index in [1.54, 1.807) is 0 Å². The molecule has 0 saturated heterocycles. The van der Waals surface area contributed by atoms with Crippen LogP contribution in [0.3, 0.4) is 0 Å². The molecule has 1 unspecified atom stereocenters. The first kappa shape index (κ1) is 12.8. The number of hydrogen-bond acceptors (Lipinski definition) is 4. The molecule has 0 bridgehead atoms. The molecule has 7 nitrogen and oxygen atoms in total. The lowest BCUT2D eigenvalue weighted by Gasteiger charge is -2.12. The minimum Gasteiger partial charge on any atom is -0.480 e. The predicted molar refractivity (Wildman–Crippen MR) is 51.2 cm³/mol. The van der Waals surface area contributed by atoms with Crippen LogP contribution >= 0.6 is 0 Å². The van der Waals surface area contributed by atoms with E-state index in [1.165, 1.54) is 13.8 Å². The van der Waals surface area contributed by atoms with Gasteiger partial charge in [0.2, 0.25) is 5.91 Å². The molecule has 0 aromatic heterocycles. The minimum atomic E-state index is -1.12. The lowest BCUT2D eigenvalue weighted by molar-refractivity contribution is -0.141. The number of hydrogen-bond donors (Lipinski definition) is 3. The van der Waals surface area contributed by atoms with Crippen molar-refractivity contribution in [3.05, 3.63) is 0 Å². The van der Waals surface area contributed by atoms with Gasteiger partial charge >= 0.3 is 5.97 Å². The summed E-state index contributed by atoms with van der Waals surface area (Å²) in [6.45, 7) is 2.83. The number of nitrogens with zero attached hydrogens (tertiary/aromatic N) is 1. The molecular weight excluding hydrogens is 210 g/mol. The summed E-state index contributed by atoms with van der Waals surface area (Å²) in [4.78, 5) is 21.5. The van der Waals surface area contributed by atoms with E-state index in [-0.39, 0.29) is 0 Å². The number of nitrogens with one attached hydrogen (secondary N) is 2. The first-order chi connectivity index (χ1) is 6.49. The summed E-state index contributed by atoms with van der Waals surface area (Å²) in [7, 11) is 0. The van der Waals surface area contributed by atoms with Crippen LogP contribution in [0.1, 0.15) is 13.8 Å². The maximum Gasteiger partial charge on any atom is 0.325 e. The van der Waals surface area contributed by atoms with E-state index in [2.05, 4.69) is 15.2 Å². The third-order valence-corrected chi connectivity index (χ3v) is 1.65. The summed E-state index contributed by atoms with van der Waals surface area (Å²) in [6.07, 6.45) is 0. The smallest absolute Gasteiger partial charge is 0.325 e. The fourth-order valence-corrected chi connectivity index (χ4v) is 0.828. The van der Waals surface area contributed by atoms with Crippen LogP contribution in [-0.2, 0) is 21.1 Å². The molecule has 0 saturated carbocycles. The number of carboxylic acid groups (broad SMARTS) is 1. The SMILES string of the molecule is CC(NN=[SH2]=O)C(=O)N[C@@H](C)C(=O)O. The van der Waals surface area contributed by atoms with E-state index in [9.17, 15) is 13.8 Å². The second-order valence-electron chi connectivity index (χ2n) is 2.62. The van der Waals surface area contributed by atoms with Crippen molar-refractivity contribution in [3.8, 4) is 0 Å². The van der Waals surface area contributed by atoms with Crippen LogP contribution in [-0.4, -0.2) is 33.3 Å². The maximum absolute atomic E-state index is 11.2. The average molecular weight is 223 g/mol. The molecule has 0 aliphatic rings. The highest BCUT2D eigenvalue weighted by Crippen LogP contribution is 1.86. The molecule has 0 aliphatic heterocycles. The quantitative estimate of drug-likeness (QED) is 0.483. The van der Waals surface area contributed by atoms with Crippen molar-refractivity contribution in [1.82, 2.24) is 10.7 Å². The highest BCUT2D eigenvalue weighted by molar-refractivity contribution is 7.54. The van der Waals surface area contributed by atoms with Crippen LogP contribution in [0.4, 0.5) is 0 Å². The van der Waals surface area contributed by atoms with E-state index >= 15 is 0 Å². The van der Waals surface area contributed by atoms with Crippen LogP contribution in [0.25, 0.3) is 0 Å². The van der Waals surface area contributed by atoms with Gasteiger partial charge in [0.1, 0.15) is 12.1 Å². The fraction of sp³-hybridized carbons (Fsp3) is 0.667. The fourth-order valence-electron chi connectivity index (χ4n) is 0.582. The molecule has 1 amide bonds. The van der Waals surface area contributed by atoms with Crippen LogP contribution < -0.4 is 10.7 Å². The predicted octanol–water partition coefficient (Wildman–Crippen LogP) is -1.67. The van der Waals surface area contributed by atoms with Gasteiger partial charge < -0.3 is 10.4 Å². The molecule has 0 radical (unpaired) electrons. The Kier molecular flexibility index (Phi) is 5.81. The molecule has 0 rings (SSSR count). The largest absolute Gasteiger partial charge is 0.480 e. The van der Waals surface area contributed by atoms with Crippen molar-refractivity contribution in [1.29, 1.82) is 0 Å². The topological polar surface area (TPSA) is 108 Å². The van der Waals surface area contributed by atoms with Gasteiger partial charge in [-0.05, 0) is 13.8 Å². The first-order valence-corrected chi connectivity index (χ1v) is 4.70. The Morgan fingerprint density at radius 3 is 2.36 bits per heavy atom. The van der Waals surface area contributed by atoms with Crippen molar-refractivity contribution in [2.75, 3.05) is 0 Å². The summed E-state index contributed by atoms with van der Waals surface area (Å²) < 4.78 is 13.2. The van der Waals surface area contributed by atoms with Gasteiger partial charge in [0.15, 0.2) is 0 Å². The summed E-state index contributed by atoms with van der Waals surface area (Å²) in [5, 5.41) is 10.7. The molecule has 0 heterocycles. The molecular formula is C6H13N3O4S. The Labute approximate surface area is 84.1 Å². The number of carbonyl (C=O) groups is 2. The standard InChI is InChI=1S/C6H13N3O4S/c1-3(8-9-14-13)5(10)7-4(2)6(11)12/h3-4,8H,14H2,1-2H3,(H,7,10)(H,11,12)/t3?,4-/m0/s1. The third-order valence-electron chi connectivity index (χ3n) is 1.43. The van der Waals surface area contributed by atoms with E-state index < -0.39 is 35.4 Å². The molecule has 2 atom stereocenters. The van der Waals surface area contributed by atoms with E-state index in [0.717, 1.165) is 0 Å². The van der Waals surface area contributed by atoms with Gasteiger partial charge in [-0.2, -0.15) is 9.90 Å². The Hall–Kier alpha value is -1.15. The van der Waals surface area contributed by atoms with Gasteiger partial charge in [-0.1, -0.05) is 0 Å². The second-order valence-corrected chi connectivity index (χ2v) is 3.03. The molecule has 0 aliphatic carbocycles. The molecule has 0 aromatic carbocycles. The van der Waals surface area contributed by atoms with E-state index in [4.69, 9.17) is 5.11 Å². The van der Waals surface area contributed by atoms with Crippen molar-refractivity contribution in [3.63, 3.8) is 0 Å². The van der Waals surface area contributed by atoms with Gasteiger partial charge in [-0.3, -0.25) is 13.8 Å². The lowest BCUT2D eigenvalue weighted by atomic mass is 10.3. The summed E-state index contributed by atoms with van der Waals surface area (Å²) in [5.74, 6) is -1.63. The average Bonchev–Trinajstić information content (AvgIpc) is 2.13. The molecule has 3 N–H and O–H groups in total. The number of carbonyl (C=O) groups excluding carboxylic acids is 1. The zero-order chi connectivity index (χ0) is 11.1. The number of rotatable bonds is 5. The molecule has 14 heavy (non-hydrogen) atoms. The summed E-state index contributed by atoms with van der Waals surface area (Å²) in [5.41, 5.74) is 2.30. The first-order valence-electron chi connectivity index (χ1n) is 3.84. The van der Waals surface area contributed by atoms with Crippen molar-refractivity contribution in [2.24, 2.45) is 4.47 Å².